The first-order valence-corrected chi connectivity index (χ1v) is 5.91. The number of halogens is 1. The Morgan fingerprint density at radius 3 is 2.83 bits per heavy atom. The average molecular weight is 254 g/mol. The number of nitrogen functional groups attached to an aromatic ring is 1. The predicted molar refractivity (Wildman–Crippen MR) is 69.7 cm³/mol. The molecule has 18 heavy (non-hydrogen) atoms. The van der Waals surface area contributed by atoms with E-state index in [4.69, 9.17) is 10.5 Å². The zero-order valence-electron chi connectivity index (χ0n) is 10.7. The van der Waals surface area contributed by atoms with Gasteiger partial charge in [0.1, 0.15) is 5.82 Å². The van der Waals surface area contributed by atoms with Gasteiger partial charge in [-0.2, -0.15) is 0 Å². The molecule has 100 valence electrons. The molecule has 1 aromatic rings. The first-order valence-electron chi connectivity index (χ1n) is 5.91. The molecule has 0 aromatic heterocycles. The molecular formula is C13H19FN2O2. The standard InChI is InChI=1S/C13H19FN2O2/c1-9(2)8-18-6-5-13(17)16-12-4-3-10(14)7-11(12)15/h3-4,7,9H,5-6,8,15H2,1-2H3,(H,16,17). The number of rotatable bonds is 6. The summed E-state index contributed by atoms with van der Waals surface area (Å²) in [5, 5.41) is 2.61. The summed E-state index contributed by atoms with van der Waals surface area (Å²) in [5.74, 6) is -0.177. The molecule has 4 nitrogen and oxygen atoms in total. The van der Waals surface area contributed by atoms with Crippen LogP contribution in [0.2, 0.25) is 0 Å². The Balaban J connectivity index is 2.35. The van der Waals surface area contributed by atoms with Crippen LogP contribution in [0.3, 0.4) is 0 Å². The second-order valence-corrected chi connectivity index (χ2v) is 4.50. The van der Waals surface area contributed by atoms with Crippen LogP contribution in [-0.4, -0.2) is 19.1 Å². The Hall–Kier alpha value is -1.62. The largest absolute Gasteiger partial charge is 0.397 e. The van der Waals surface area contributed by atoms with E-state index in [1.165, 1.54) is 18.2 Å². The molecule has 5 heteroatoms. The van der Waals surface area contributed by atoms with Gasteiger partial charge >= 0.3 is 0 Å². The Labute approximate surface area is 106 Å². The third-order valence-corrected chi connectivity index (χ3v) is 2.21. The molecule has 0 bridgehead atoms. The van der Waals surface area contributed by atoms with Crippen LogP contribution in [0.5, 0.6) is 0 Å². The number of hydrogen-bond donors (Lipinski definition) is 2. The Kier molecular flexibility index (Phi) is 5.58. The van der Waals surface area contributed by atoms with E-state index >= 15 is 0 Å². The summed E-state index contributed by atoms with van der Waals surface area (Å²) in [4.78, 5) is 11.6. The lowest BCUT2D eigenvalue weighted by Gasteiger charge is -2.09. The molecule has 1 aromatic carbocycles. The van der Waals surface area contributed by atoms with Crippen LogP contribution in [-0.2, 0) is 9.53 Å². The van der Waals surface area contributed by atoms with Crippen molar-refractivity contribution in [3.8, 4) is 0 Å². The minimum absolute atomic E-state index is 0.197. The summed E-state index contributed by atoms with van der Waals surface area (Å²) in [7, 11) is 0. The second-order valence-electron chi connectivity index (χ2n) is 4.50. The van der Waals surface area contributed by atoms with Gasteiger partial charge in [-0.05, 0) is 24.1 Å². The van der Waals surface area contributed by atoms with Gasteiger partial charge in [-0.15, -0.1) is 0 Å². The van der Waals surface area contributed by atoms with Crippen molar-refractivity contribution in [2.24, 2.45) is 5.92 Å². The van der Waals surface area contributed by atoms with E-state index in [9.17, 15) is 9.18 Å². The van der Waals surface area contributed by atoms with E-state index in [0.717, 1.165) is 0 Å². The van der Waals surface area contributed by atoms with Gasteiger partial charge in [-0.1, -0.05) is 13.8 Å². The maximum absolute atomic E-state index is 12.8. The SMILES string of the molecule is CC(C)COCCC(=O)Nc1ccc(F)cc1N. The molecule has 0 spiro atoms. The van der Waals surface area contributed by atoms with Gasteiger partial charge in [0.15, 0.2) is 0 Å². The van der Waals surface area contributed by atoms with Gasteiger partial charge in [-0.3, -0.25) is 4.79 Å². The van der Waals surface area contributed by atoms with Crippen molar-refractivity contribution in [1.82, 2.24) is 0 Å². The maximum Gasteiger partial charge on any atom is 0.226 e. The lowest BCUT2D eigenvalue weighted by atomic mass is 10.2. The number of carbonyl (C=O) groups is 1. The minimum atomic E-state index is -0.425. The molecule has 3 N–H and O–H groups in total. The zero-order chi connectivity index (χ0) is 13.5. The predicted octanol–water partition coefficient (Wildman–Crippen LogP) is 2.41. The van der Waals surface area contributed by atoms with Crippen molar-refractivity contribution in [2.75, 3.05) is 24.3 Å². The topological polar surface area (TPSA) is 64.3 Å². The highest BCUT2D eigenvalue weighted by molar-refractivity contribution is 5.93. The van der Waals surface area contributed by atoms with E-state index < -0.39 is 5.82 Å². The first kappa shape index (κ1) is 14.4. The van der Waals surface area contributed by atoms with Gasteiger partial charge in [0, 0.05) is 6.61 Å². The van der Waals surface area contributed by atoms with Crippen LogP contribution >= 0.6 is 0 Å². The number of hydrogen-bond acceptors (Lipinski definition) is 3. The van der Waals surface area contributed by atoms with Crippen molar-refractivity contribution in [2.45, 2.75) is 20.3 Å². The van der Waals surface area contributed by atoms with Gasteiger partial charge in [0.05, 0.1) is 24.4 Å². The smallest absolute Gasteiger partial charge is 0.226 e. The second kappa shape index (κ2) is 6.96. The molecule has 1 amide bonds. The summed E-state index contributed by atoms with van der Waals surface area (Å²) in [6.45, 7) is 5.08. The molecule has 1 rings (SSSR count). The monoisotopic (exact) mass is 254 g/mol. The molecule has 0 aliphatic rings. The van der Waals surface area contributed by atoms with E-state index in [1.807, 2.05) is 13.8 Å². The van der Waals surface area contributed by atoms with Crippen LogP contribution in [0.1, 0.15) is 20.3 Å². The summed E-state index contributed by atoms with van der Waals surface area (Å²) in [6, 6.07) is 3.86. The number of carbonyl (C=O) groups excluding carboxylic acids is 1. The Morgan fingerprint density at radius 2 is 2.22 bits per heavy atom. The number of nitrogens with two attached hydrogens (primary N) is 1. The van der Waals surface area contributed by atoms with Gasteiger partial charge in [0.25, 0.3) is 0 Å². The van der Waals surface area contributed by atoms with E-state index in [0.29, 0.717) is 24.8 Å². The van der Waals surface area contributed by atoms with Crippen molar-refractivity contribution in [1.29, 1.82) is 0 Å². The number of nitrogens with one attached hydrogen (secondary N) is 1. The Bertz CT molecular complexity index is 408. The number of benzene rings is 1. The van der Waals surface area contributed by atoms with Crippen LogP contribution < -0.4 is 11.1 Å². The maximum atomic E-state index is 12.8. The molecule has 0 radical (unpaired) electrons. The lowest BCUT2D eigenvalue weighted by Crippen LogP contribution is -2.16. The lowest BCUT2D eigenvalue weighted by molar-refractivity contribution is -0.117. The summed E-state index contributed by atoms with van der Waals surface area (Å²) in [6.07, 6.45) is 0.254. The number of anilines is 2. The van der Waals surface area contributed by atoms with Gasteiger partial charge in [-0.25, -0.2) is 4.39 Å². The molecule has 0 saturated heterocycles. The molecule has 0 saturated carbocycles. The minimum Gasteiger partial charge on any atom is -0.397 e. The van der Waals surface area contributed by atoms with E-state index in [2.05, 4.69) is 5.32 Å². The third-order valence-electron chi connectivity index (χ3n) is 2.21. The first-order chi connectivity index (χ1) is 8.49. The van der Waals surface area contributed by atoms with Crippen molar-refractivity contribution >= 4 is 17.3 Å². The summed E-state index contributed by atoms with van der Waals surface area (Å²) < 4.78 is 18.1. The highest BCUT2D eigenvalue weighted by Crippen LogP contribution is 2.19. The zero-order valence-corrected chi connectivity index (χ0v) is 10.7. The van der Waals surface area contributed by atoms with Crippen molar-refractivity contribution in [3.05, 3.63) is 24.0 Å². The van der Waals surface area contributed by atoms with Crippen LogP contribution in [0, 0.1) is 11.7 Å². The summed E-state index contributed by atoms with van der Waals surface area (Å²) >= 11 is 0. The normalized spacial score (nSPS) is 10.7. The van der Waals surface area contributed by atoms with E-state index in [1.54, 1.807) is 0 Å². The van der Waals surface area contributed by atoms with Crippen LogP contribution in [0.4, 0.5) is 15.8 Å². The van der Waals surface area contributed by atoms with E-state index in [-0.39, 0.29) is 18.0 Å². The Morgan fingerprint density at radius 1 is 1.50 bits per heavy atom. The molecular weight excluding hydrogens is 235 g/mol. The molecule has 0 unspecified atom stereocenters. The van der Waals surface area contributed by atoms with Crippen molar-refractivity contribution in [3.63, 3.8) is 0 Å². The fraction of sp³-hybridized carbons (Fsp3) is 0.462. The third kappa shape index (κ3) is 5.14. The fourth-order valence-electron chi connectivity index (χ4n) is 1.34. The van der Waals surface area contributed by atoms with Gasteiger partial charge < -0.3 is 15.8 Å². The molecule has 0 aliphatic heterocycles. The molecule has 0 fully saturated rings. The highest BCUT2D eigenvalue weighted by Gasteiger charge is 2.06. The van der Waals surface area contributed by atoms with Crippen molar-refractivity contribution < 1.29 is 13.9 Å². The quantitative estimate of drug-likeness (QED) is 0.605. The van der Waals surface area contributed by atoms with Crippen LogP contribution in [0.25, 0.3) is 0 Å². The fourth-order valence-corrected chi connectivity index (χ4v) is 1.34. The van der Waals surface area contributed by atoms with Gasteiger partial charge in [0.2, 0.25) is 5.91 Å². The summed E-state index contributed by atoms with van der Waals surface area (Å²) in [5.41, 5.74) is 6.21. The molecule has 0 aliphatic carbocycles. The number of amides is 1. The highest BCUT2D eigenvalue weighted by atomic mass is 19.1. The number of ether oxygens (including phenoxy) is 1. The van der Waals surface area contributed by atoms with Crippen LogP contribution in [0.15, 0.2) is 18.2 Å². The molecule has 0 atom stereocenters. The molecule has 0 heterocycles. The average Bonchev–Trinajstić information content (AvgIpc) is 2.28.